The fourth-order valence-electron chi connectivity index (χ4n) is 4.94. The first kappa shape index (κ1) is 27.7. The summed E-state index contributed by atoms with van der Waals surface area (Å²) in [5.41, 5.74) is 1.95. The summed E-state index contributed by atoms with van der Waals surface area (Å²) >= 11 is 2.50. The normalized spacial score (nSPS) is 12.7. The van der Waals surface area contributed by atoms with Crippen LogP contribution in [0.25, 0.3) is 21.6 Å². The number of fused-ring (bicyclic) bond motifs is 3. The first-order valence-electron chi connectivity index (χ1n) is 13.2. The summed E-state index contributed by atoms with van der Waals surface area (Å²) in [4.78, 5) is 59.7. The van der Waals surface area contributed by atoms with Crippen LogP contribution >= 0.6 is 22.7 Å². The number of carbonyl (C=O) groups is 3. The molecule has 0 saturated heterocycles. The maximum absolute atomic E-state index is 13.9. The van der Waals surface area contributed by atoms with Crippen LogP contribution in [0.4, 0.5) is 5.00 Å². The average Bonchev–Trinajstić information content (AvgIpc) is 3.48. The van der Waals surface area contributed by atoms with E-state index in [-0.39, 0.29) is 40.8 Å². The first-order chi connectivity index (χ1) is 19.3. The number of esters is 2. The number of thiophene rings is 2. The number of ether oxygens (including phenoxy) is 2. The lowest BCUT2D eigenvalue weighted by molar-refractivity contribution is -0.116. The van der Waals surface area contributed by atoms with Gasteiger partial charge in [-0.25, -0.2) is 14.6 Å². The van der Waals surface area contributed by atoms with Gasteiger partial charge in [0, 0.05) is 10.4 Å². The Kier molecular flexibility index (Phi) is 8.13. The molecule has 3 heterocycles. The van der Waals surface area contributed by atoms with Gasteiger partial charge in [0.15, 0.2) is 0 Å². The molecule has 3 aromatic heterocycles. The zero-order chi connectivity index (χ0) is 28.4. The summed E-state index contributed by atoms with van der Waals surface area (Å²) in [6.45, 7) is 4.94. The van der Waals surface area contributed by atoms with Crippen molar-refractivity contribution in [3.63, 3.8) is 0 Å². The highest BCUT2D eigenvalue weighted by Gasteiger charge is 2.28. The molecule has 208 valence electrons. The number of amides is 1. The van der Waals surface area contributed by atoms with Crippen molar-refractivity contribution in [2.45, 2.75) is 53.0 Å². The summed E-state index contributed by atoms with van der Waals surface area (Å²) in [6, 6.07) is 9.28. The Balaban J connectivity index is 1.56. The maximum atomic E-state index is 13.9. The molecule has 0 radical (unpaired) electrons. The Morgan fingerprint density at radius 1 is 1.00 bits per heavy atom. The molecule has 9 nitrogen and oxygen atoms in total. The smallest absolute Gasteiger partial charge is 0.348 e. The predicted molar refractivity (Wildman–Crippen MR) is 156 cm³/mol. The molecule has 0 saturated carbocycles. The molecular weight excluding hydrogens is 550 g/mol. The number of aryl methyl sites for hydroxylation is 2. The fourth-order valence-corrected chi connectivity index (χ4v) is 7.30. The molecule has 0 atom stereocenters. The topological polar surface area (TPSA) is 117 Å². The molecule has 0 unspecified atom stereocenters. The number of nitrogens with one attached hydrogen (secondary N) is 1. The Morgan fingerprint density at radius 2 is 1.70 bits per heavy atom. The predicted octanol–water partition coefficient (Wildman–Crippen LogP) is 5.37. The number of hydrogen-bond donors (Lipinski definition) is 1. The van der Waals surface area contributed by atoms with Crippen LogP contribution in [-0.2, 0) is 33.7 Å². The van der Waals surface area contributed by atoms with E-state index in [0.717, 1.165) is 42.6 Å². The van der Waals surface area contributed by atoms with Gasteiger partial charge in [-0.2, -0.15) is 0 Å². The van der Waals surface area contributed by atoms with Crippen LogP contribution in [0.15, 0.2) is 35.1 Å². The third kappa shape index (κ3) is 5.18. The number of rotatable bonds is 8. The zero-order valence-corrected chi connectivity index (χ0v) is 24.1. The number of hydrogen-bond acceptors (Lipinski definition) is 9. The minimum Gasteiger partial charge on any atom is -0.462 e. The first-order valence-corrected chi connectivity index (χ1v) is 14.8. The number of aromatic nitrogens is 2. The molecule has 0 spiro atoms. The minimum absolute atomic E-state index is 0.0966. The van der Waals surface area contributed by atoms with Crippen molar-refractivity contribution in [2.75, 3.05) is 18.5 Å². The lowest BCUT2D eigenvalue weighted by Gasteiger charge is -2.14. The molecule has 1 amide bonds. The van der Waals surface area contributed by atoms with Crippen molar-refractivity contribution in [3.05, 3.63) is 67.1 Å². The van der Waals surface area contributed by atoms with Gasteiger partial charge in [-0.1, -0.05) is 30.3 Å². The monoisotopic (exact) mass is 579 g/mol. The zero-order valence-electron chi connectivity index (χ0n) is 22.5. The molecule has 5 rings (SSSR count). The van der Waals surface area contributed by atoms with Crippen molar-refractivity contribution in [1.29, 1.82) is 0 Å². The molecule has 1 aliphatic rings. The van der Waals surface area contributed by atoms with Crippen LogP contribution in [0, 0.1) is 6.92 Å². The van der Waals surface area contributed by atoms with Crippen molar-refractivity contribution in [3.8, 4) is 11.4 Å². The maximum Gasteiger partial charge on any atom is 0.348 e. The number of nitrogens with zero attached hydrogens (tertiary/aromatic N) is 2. The van der Waals surface area contributed by atoms with E-state index in [4.69, 9.17) is 14.5 Å². The van der Waals surface area contributed by atoms with Crippen molar-refractivity contribution >= 4 is 55.7 Å². The Bertz CT molecular complexity index is 1670. The molecule has 0 fully saturated rings. The van der Waals surface area contributed by atoms with Gasteiger partial charge >= 0.3 is 11.9 Å². The standard InChI is InChI=1S/C29H29N3O6S2/c1-4-37-28(35)21-16(3)23(29(36)38-5-2)40-25(21)30-20(33)15-32-24(17-11-7-6-8-12-17)31-26-22(27(32)34)18-13-9-10-14-19(18)39-26/h6-8,11-12H,4-5,9-10,13-15H2,1-3H3,(H,30,33). The van der Waals surface area contributed by atoms with Gasteiger partial charge in [0.1, 0.15) is 27.1 Å². The van der Waals surface area contributed by atoms with Crippen LogP contribution < -0.4 is 10.9 Å². The van der Waals surface area contributed by atoms with E-state index in [1.165, 1.54) is 9.44 Å². The van der Waals surface area contributed by atoms with Gasteiger partial charge in [0.05, 0.1) is 24.2 Å². The second-order valence-electron chi connectivity index (χ2n) is 9.33. The van der Waals surface area contributed by atoms with E-state index < -0.39 is 17.8 Å². The third-order valence-electron chi connectivity index (χ3n) is 6.75. The van der Waals surface area contributed by atoms with Crippen molar-refractivity contribution in [2.24, 2.45) is 0 Å². The highest BCUT2D eigenvalue weighted by molar-refractivity contribution is 7.19. The van der Waals surface area contributed by atoms with Gasteiger partial charge < -0.3 is 14.8 Å². The van der Waals surface area contributed by atoms with Crippen LogP contribution in [0.5, 0.6) is 0 Å². The molecule has 0 bridgehead atoms. The Hall–Kier alpha value is -3.83. The van der Waals surface area contributed by atoms with Crippen LogP contribution in [0.2, 0.25) is 0 Å². The number of benzene rings is 1. The van der Waals surface area contributed by atoms with Crippen LogP contribution in [0.3, 0.4) is 0 Å². The van der Waals surface area contributed by atoms with E-state index in [1.54, 1.807) is 32.1 Å². The van der Waals surface area contributed by atoms with Gasteiger partial charge in [0.25, 0.3) is 5.56 Å². The van der Waals surface area contributed by atoms with Gasteiger partial charge in [0.2, 0.25) is 5.91 Å². The Labute approximate surface area is 238 Å². The van der Waals surface area contributed by atoms with Crippen molar-refractivity contribution in [1.82, 2.24) is 9.55 Å². The summed E-state index contributed by atoms with van der Waals surface area (Å²) in [5, 5.41) is 3.50. The van der Waals surface area contributed by atoms with E-state index in [0.29, 0.717) is 27.2 Å². The Morgan fingerprint density at radius 3 is 2.42 bits per heavy atom. The van der Waals surface area contributed by atoms with E-state index in [9.17, 15) is 19.2 Å². The van der Waals surface area contributed by atoms with Gasteiger partial charge in [-0.15, -0.1) is 22.7 Å². The van der Waals surface area contributed by atoms with E-state index in [1.807, 2.05) is 30.3 Å². The van der Waals surface area contributed by atoms with Gasteiger partial charge in [-0.3, -0.25) is 14.2 Å². The molecule has 1 aromatic carbocycles. The molecule has 1 aliphatic carbocycles. The highest BCUT2D eigenvalue weighted by Crippen LogP contribution is 2.36. The molecular formula is C29H29N3O6S2. The fraction of sp³-hybridized carbons (Fsp3) is 0.345. The lowest BCUT2D eigenvalue weighted by Crippen LogP contribution is -2.30. The van der Waals surface area contributed by atoms with Gasteiger partial charge in [-0.05, 0) is 57.6 Å². The third-order valence-corrected chi connectivity index (χ3v) is 9.12. The van der Waals surface area contributed by atoms with Crippen LogP contribution in [0.1, 0.15) is 62.7 Å². The second-order valence-corrected chi connectivity index (χ2v) is 11.4. The summed E-state index contributed by atoms with van der Waals surface area (Å²) in [6.07, 6.45) is 3.83. The number of carbonyl (C=O) groups excluding carboxylic acids is 3. The lowest BCUT2D eigenvalue weighted by atomic mass is 9.97. The molecule has 1 N–H and O–H groups in total. The van der Waals surface area contributed by atoms with Crippen molar-refractivity contribution < 1.29 is 23.9 Å². The molecule has 40 heavy (non-hydrogen) atoms. The number of anilines is 1. The molecule has 4 aromatic rings. The van der Waals surface area contributed by atoms with E-state index >= 15 is 0 Å². The quantitative estimate of drug-likeness (QED) is 0.279. The average molecular weight is 580 g/mol. The highest BCUT2D eigenvalue weighted by atomic mass is 32.1. The second kappa shape index (κ2) is 11.7. The summed E-state index contributed by atoms with van der Waals surface area (Å²) in [7, 11) is 0. The summed E-state index contributed by atoms with van der Waals surface area (Å²) < 4.78 is 11.7. The summed E-state index contributed by atoms with van der Waals surface area (Å²) in [5.74, 6) is -1.38. The SMILES string of the molecule is CCOC(=O)c1sc(NC(=O)Cn2c(-c3ccccc3)nc3sc4c(c3c2=O)CCCC4)c(C(=O)OCC)c1C. The van der Waals surface area contributed by atoms with E-state index in [2.05, 4.69) is 5.32 Å². The van der Waals surface area contributed by atoms with Crippen LogP contribution in [-0.4, -0.2) is 40.6 Å². The minimum atomic E-state index is -0.655. The molecule has 11 heteroatoms. The molecule has 0 aliphatic heterocycles. The largest absolute Gasteiger partial charge is 0.462 e.